The molecular formula is C22H27N3O. The minimum absolute atomic E-state index is 0.179. The van der Waals surface area contributed by atoms with Gasteiger partial charge in [-0.1, -0.05) is 24.3 Å². The molecule has 1 heterocycles. The molecule has 1 aliphatic heterocycles. The molecule has 0 bridgehead atoms. The highest BCUT2D eigenvalue weighted by atomic mass is 16.3. The van der Waals surface area contributed by atoms with Gasteiger partial charge >= 0.3 is 0 Å². The summed E-state index contributed by atoms with van der Waals surface area (Å²) in [5, 5.41) is 21.7. The summed E-state index contributed by atoms with van der Waals surface area (Å²) in [7, 11) is 0. The minimum atomic E-state index is 0.179. The standard InChI is InChI=1S/C22H27N3O/c1-17(21-7-5-18(14-23)6-8-21)24-22-4-2-3-20(13-22)15-25-11-9-19(16-26)10-12-25/h2-8,13,17,19,24,26H,9-12,15-16H2,1H3. The van der Waals surface area contributed by atoms with Crippen LogP contribution >= 0.6 is 0 Å². The summed E-state index contributed by atoms with van der Waals surface area (Å²) < 4.78 is 0. The molecule has 136 valence electrons. The van der Waals surface area contributed by atoms with E-state index >= 15 is 0 Å². The number of piperidine rings is 1. The van der Waals surface area contributed by atoms with Crippen LogP contribution in [0.4, 0.5) is 5.69 Å². The number of anilines is 1. The van der Waals surface area contributed by atoms with Gasteiger partial charge < -0.3 is 10.4 Å². The first-order chi connectivity index (χ1) is 12.7. The number of aliphatic hydroxyl groups excluding tert-OH is 1. The fraction of sp³-hybridized carbons (Fsp3) is 0.409. The predicted molar refractivity (Wildman–Crippen MR) is 105 cm³/mol. The summed E-state index contributed by atoms with van der Waals surface area (Å²) in [4.78, 5) is 2.47. The van der Waals surface area contributed by atoms with Gasteiger partial charge in [-0.2, -0.15) is 5.26 Å². The summed E-state index contributed by atoms with van der Waals surface area (Å²) in [6.45, 7) is 5.53. The molecule has 0 amide bonds. The van der Waals surface area contributed by atoms with E-state index in [0.717, 1.165) is 38.2 Å². The molecule has 1 aliphatic rings. The lowest BCUT2D eigenvalue weighted by Gasteiger charge is -2.31. The number of aliphatic hydroxyl groups is 1. The maximum absolute atomic E-state index is 9.27. The number of likely N-dealkylation sites (tertiary alicyclic amines) is 1. The van der Waals surface area contributed by atoms with Crippen LogP contribution in [-0.4, -0.2) is 29.7 Å². The Labute approximate surface area is 156 Å². The average Bonchev–Trinajstić information content (AvgIpc) is 2.69. The first-order valence-electron chi connectivity index (χ1n) is 9.36. The van der Waals surface area contributed by atoms with Crippen molar-refractivity contribution in [3.63, 3.8) is 0 Å². The van der Waals surface area contributed by atoms with Gasteiger partial charge in [0, 0.05) is 24.9 Å². The lowest BCUT2D eigenvalue weighted by Crippen LogP contribution is -2.34. The van der Waals surface area contributed by atoms with Crippen LogP contribution < -0.4 is 5.32 Å². The molecule has 2 aromatic carbocycles. The normalized spacial score (nSPS) is 16.8. The monoisotopic (exact) mass is 349 g/mol. The van der Waals surface area contributed by atoms with Crippen molar-refractivity contribution < 1.29 is 5.11 Å². The summed E-state index contributed by atoms with van der Waals surface area (Å²) in [5.74, 6) is 0.479. The van der Waals surface area contributed by atoms with Crippen LogP contribution in [0.1, 0.15) is 42.5 Å². The Kier molecular flexibility index (Phi) is 6.27. The van der Waals surface area contributed by atoms with Crippen LogP contribution in [-0.2, 0) is 6.54 Å². The number of hydrogen-bond acceptors (Lipinski definition) is 4. The molecule has 1 saturated heterocycles. The summed E-state index contributed by atoms with van der Waals surface area (Å²) in [5.41, 5.74) is 4.28. The largest absolute Gasteiger partial charge is 0.396 e. The third-order valence-electron chi connectivity index (χ3n) is 5.22. The lowest BCUT2D eigenvalue weighted by molar-refractivity contribution is 0.127. The van der Waals surface area contributed by atoms with Crippen molar-refractivity contribution in [3.8, 4) is 6.07 Å². The van der Waals surface area contributed by atoms with Crippen molar-refractivity contribution in [1.29, 1.82) is 5.26 Å². The van der Waals surface area contributed by atoms with Gasteiger partial charge in [-0.3, -0.25) is 4.90 Å². The first kappa shape index (κ1) is 18.4. The van der Waals surface area contributed by atoms with E-state index in [9.17, 15) is 5.11 Å². The van der Waals surface area contributed by atoms with Crippen molar-refractivity contribution in [2.45, 2.75) is 32.4 Å². The molecule has 0 aromatic heterocycles. The first-order valence-corrected chi connectivity index (χ1v) is 9.36. The van der Waals surface area contributed by atoms with Crippen LogP contribution in [0.5, 0.6) is 0 Å². The molecule has 2 N–H and O–H groups in total. The molecule has 1 atom stereocenters. The molecule has 26 heavy (non-hydrogen) atoms. The molecule has 0 aliphatic carbocycles. The van der Waals surface area contributed by atoms with Crippen molar-refractivity contribution in [1.82, 2.24) is 4.90 Å². The summed E-state index contributed by atoms with van der Waals surface area (Å²) in [6, 6.07) is 18.7. The van der Waals surface area contributed by atoms with Crippen LogP contribution in [0.25, 0.3) is 0 Å². The third kappa shape index (κ3) is 4.85. The number of rotatable bonds is 6. The maximum atomic E-state index is 9.27. The second-order valence-electron chi connectivity index (χ2n) is 7.20. The smallest absolute Gasteiger partial charge is 0.0991 e. The number of hydrogen-bond donors (Lipinski definition) is 2. The van der Waals surface area contributed by atoms with E-state index in [-0.39, 0.29) is 6.04 Å². The average molecular weight is 349 g/mol. The van der Waals surface area contributed by atoms with Crippen molar-refractivity contribution in [2.75, 3.05) is 25.0 Å². The van der Waals surface area contributed by atoms with Gasteiger partial charge in [-0.15, -0.1) is 0 Å². The van der Waals surface area contributed by atoms with Crippen molar-refractivity contribution >= 4 is 5.69 Å². The number of nitrogens with one attached hydrogen (secondary N) is 1. The highest BCUT2D eigenvalue weighted by molar-refractivity contribution is 5.48. The van der Waals surface area contributed by atoms with Crippen LogP contribution in [0.15, 0.2) is 48.5 Å². The second kappa shape index (κ2) is 8.84. The minimum Gasteiger partial charge on any atom is -0.396 e. The van der Waals surface area contributed by atoms with Gasteiger partial charge in [0.25, 0.3) is 0 Å². The molecular weight excluding hydrogens is 322 g/mol. The van der Waals surface area contributed by atoms with Gasteiger partial charge in [0.1, 0.15) is 0 Å². The fourth-order valence-electron chi connectivity index (χ4n) is 3.52. The SMILES string of the molecule is CC(Nc1cccc(CN2CCC(CO)CC2)c1)c1ccc(C#N)cc1. The Balaban J connectivity index is 1.59. The molecule has 0 spiro atoms. The van der Waals surface area contributed by atoms with E-state index in [1.807, 2.05) is 24.3 Å². The van der Waals surface area contributed by atoms with Gasteiger partial charge in [0.15, 0.2) is 0 Å². The summed E-state index contributed by atoms with van der Waals surface area (Å²) in [6.07, 6.45) is 2.17. The zero-order valence-electron chi connectivity index (χ0n) is 15.4. The fourth-order valence-corrected chi connectivity index (χ4v) is 3.52. The molecule has 1 unspecified atom stereocenters. The molecule has 4 heteroatoms. The Bertz CT molecular complexity index is 743. The summed E-state index contributed by atoms with van der Waals surface area (Å²) >= 11 is 0. The zero-order chi connectivity index (χ0) is 18.4. The van der Waals surface area contributed by atoms with Gasteiger partial charge in [-0.05, 0) is 74.2 Å². The topological polar surface area (TPSA) is 59.3 Å². The third-order valence-corrected chi connectivity index (χ3v) is 5.22. The highest BCUT2D eigenvalue weighted by Gasteiger charge is 2.18. The molecule has 2 aromatic rings. The van der Waals surface area contributed by atoms with E-state index in [1.54, 1.807) is 0 Å². The number of benzene rings is 2. The van der Waals surface area contributed by atoms with E-state index in [1.165, 1.54) is 11.1 Å². The van der Waals surface area contributed by atoms with E-state index < -0.39 is 0 Å². The van der Waals surface area contributed by atoms with Crippen molar-refractivity contribution in [3.05, 3.63) is 65.2 Å². The molecule has 0 radical (unpaired) electrons. The number of nitriles is 1. The zero-order valence-corrected chi connectivity index (χ0v) is 15.4. The van der Waals surface area contributed by atoms with Crippen LogP contribution in [0, 0.1) is 17.2 Å². The molecule has 4 nitrogen and oxygen atoms in total. The molecule has 3 rings (SSSR count). The predicted octanol–water partition coefficient (Wildman–Crippen LogP) is 3.94. The van der Waals surface area contributed by atoms with Crippen LogP contribution in [0.2, 0.25) is 0 Å². The van der Waals surface area contributed by atoms with E-state index in [2.05, 4.69) is 47.5 Å². The lowest BCUT2D eigenvalue weighted by atomic mass is 9.97. The Morgan fingerprint density at radius 3 is 2.58 bits per heavy atom. The van der Waals surface area contributed by atoms with E-state index in [0.29, 0.717) is 18.1 Å². The Hall–Kier alpha value is -2.35. The van der Waals surface area contributed by atoms with Crippen molar-refractivity contribution in [2.24, 2.45) is 5.92 Å². The number of nitrogens with zero attached hydrogens (tertiary/aromatic N) is 2. The maximum Gasteiger partial charge on any atom is 0.0991 e. The molecule has 1 fully saturated rings. The Morgan fingerprint density at radius 1 is 1.19 bits per heavy atom. The van der Waals surface area contributed by atoms with Gasteiger partial charge in [-0.25, -0.2) is 0 Å². The quantitative estimate of drug-likeness (QED) is 0.829. The van der Waals surface area contributed by atoms with Gasteiger partial charge in [0.2, 0.25) is 0 Å². The molecule has 0 saturated carbocycles. The van der Waals surface area contributed by atoms with E-state index in [4.69, 9.17) is 5.26 Å². The highest BCUT2D eigenvalue weighted by Crippen LogP contribution is 2.22. The Morgan fingerprint density at radius 2 is 1.92 bits per heavy atom. The van der Waals surface area contributed by atoms with Gasteiger partial charge in [0.05, 0.1) is 11.6 Å². The van der Waals surface area contributed by atoms with Crippen LogP contribution in [0.3, 0.4) is 0 Å². The second-order valence-corrected chi connectivity index (χ2v) is 7.20.